The third-order valence-electron chi connectivity index (χ3n) is 0.968. The van der Waals surface area contributed by atoms with E-state index in [-0.39, 0.29) is 0 Å². The van der Waals surface area contributed by atoms with E-state index in [0.29, 0.717) is 0 Å². The number of allylic oxidation sites excluding steroid dienone is 3. The van der Waals surface area contributed by atoms with Crippen LogP contribution in [0.4, 0.5) is 0 Å². The molecule has 0 aromatic heterocycles. The van der Waals surface area contributed by atoms with Crippen LogP contribution in [-0.2, 0) is 0 Å². The Morgan fingerprint density at radius 3 is 2.50 bits per heavy atom. The maximum Gasteiger partial charge on any atom is 0.00277 e. The predicted octanol–water partition coefficient (Wildman–Crippen LogP) is 1.69. The zero-order chi connectivity index (χ0) is 6.41. The third-order valence-corrected chi connectivity index (χ3v) is 0.968. The standard InChI is InChI=1S/C7H13N/c1-4-7(2)5-6-8-3/h4-6,8H,1-3H3/b6-5-,7-4+. The molecule has 46 valence electrons. The Morgan fingerprint density at radius 2 is 2.12 bits per heavy atom. The van der Waals surface area contributed by atoms with Gasteiger partial charge in [-0.2, -0.15) is 0 Å². The van der Waals surface area contributed by atoms with Gasteiger partial charge in [-0.15, -0.1) is 0 Å². The molecule has 0 amide bonds. The lowest BCUT2D eigenvalue weighted by atomic mass is 10.3. The number of hydrogen-bond donors (Lipinski definition) is 1. The van der Waals surface area contributed by atoms with Crippen LogP contribution in [0.2, 0.25) is 0 Å². The van der Waals surface area contributed by atoms with Gasteiger partial charge < -0.3 is 5.32 Å². The molecule has 0 aliphatic carbocycles. The van der Waals surface area contributed by atoms with E-state index in [2.05, 4.69) is 18.3 Å². The first-order chi connectivity index (χ1) is 3.81. The highest BCUT2D eigenvalue weighted by Gasteiger charge is 1.71. The molecule has 0 saturated heterocycles. The van der Waals surface area contributed by atoms with Crippen molar-refractivity contribution in [1.29, 1.82) is 0 Å². The summed E-state index contributed by atoms with van der Waals surface area (Å²) in [6.07, 6.45) is 6.00. The molecule has 0 rings (SSSR count). The van der Waals surface area contributed by atoms with Crippen LogP contribution in [0.25, 0.3) is 0 Å². The van der Waals surface area contributed by atoms with Crippen LogP contribution in [0.1, 0.15) is 13.8 Å². The lowest BCUT2D eigenvalue weighted by Crippen LogP contribution is -1.90. The van der Waals surface area contributed by atoms with Crippen molar-refractivity contribution in [3.63, 3.8) is 0 Å². The van der Waals surface area contributed by atoms with Crippen molar-refractivity contribution in [3.8, 4) is 0 Å². The first-order valence-corrected chi connectivity index (χ1v) is 2.78. The molecule has 0 unspecified atom stereocenters. The van der Waals surface area contributed by atoms with E-state index in [1.54, 1.807) is 0 Å². The summed E-state index contributed by atoms with van der Waals surface area (Å²) in [5.74, 6) is 0. The SMILES string of the molecule is C/C=C(C)/C=C\NC. The van der Waals surface area contributed by atoms with Crippen molar-refractivity contribution >= 4 is 0 Å². The average Bonchev–Trinajstić information content (AvgIpc) is 1.83. The van der Waals surface area contributed by atoms with E-state index in [0.717, 1.165) is 0 Å². The zero-order valence-electron chi connectivity index (χ0n) is 5.73. The van der Waals surface area contributed by atoms with E-state index in [4.69, 9.17) is 0 Å². The van der Waals surface area contributed by atoms with Gasteiger partial charge in [0.2, 0.25) is 0 Å². The maximum atomic E-state index is 2.91. The van der Waals surface area contributed by atoms with Crippen LogP contribution in [0, 0.1) is 0 Å². The molecule has 1 N–H and O–H groups in total. The van der Waals surface area contributed by atoms with E-state index < -0.39 is 0 Å². The predicted molar refractivity (Wildman–Crippen MR) is 37.6 cm³/mol. The Bertz CT molecular complexity index is 101. The van der Waals surface area contributed by atoms with Crippen molar-refractivity contribution in [1.82, 2.24) is 5.32 Å². The lowest BCUT2D eigenvalue weighted by Gasteiger charge is -1.86. The van der Waals surface area contributed by atoms with Crippen LogP contribution < -0.4 is 5.32 Å². The van der Waals surface area contributed by atoms with Crippen molar-refractivity contribution < 1.29 is 0 Å². The molecule has 0 spiro atoms. The second-order valence-electron chi connectivity index (χ2n) is 1.65. The molecule has 0 aliphatic rings. The second kappa shape index (κ2) is 4.44. The molecule has 0 aliphatic heterocycles. The van der Waals surface area contributed by atoms with Crippen molar-refractivity contribution in [2.45, 2.75) is 13.8 Å². The van der Waals surface area contributed by atoms with E-state index >= 15 is 0 Å². The Labute approximate surface area is 51.1 Å². The van der Waals surface area contributed by atoms with Crippen molar-refractivity contribution in [2.75, 3.05) is 7.05 Å². The smallest absolute Gasteiger partial charge is 0.00277 e. The summed E-state index contributed by atoms with van der Waals surface area (Å²) in [7, 11) is 1.89. The topological polar surface area (TPSA) is 12.0 Å². The molecule has 1 nitrogen and oxygen atoms in total. The highest BCUT2D eigenvalue weighted by Crippen LogP contribution is 1.90. The fourth-order valence-corrected chi connectivity index (χ4v) is 0.311. The summed E-state index contributed by atoms with van der Waals surface area (Å²) >= 11 is 0. The molecular formula is C7H13N. The Morgan fingerprint density at radius 1 is 1.50 bits per heavy atom. The quantitative estimate of drug-likeness (QED) is 0.535. The Kier molecular flexibility index (Phi) is 4.04. The minimum Gasteiger partial charge on any atom is -0.394 e. The van der Waals surface area contributed by atoms with E-state index in [1.165, 1.54) is 5.57 Å². The van der Waals surface area contributed by atoms with Gasteiger partial charge in [-0.3, -0.25) is 0 Å². The van der Waals surface area contributed by atoms with Crippen LogP contribution in [0.15, 0.2) is 23.9 Å². The largest absolute Gasteiger partial charge is 0.394 e. The van der Waals surface area contributed by atoms with Crippen LogP contribution in [0.5, 0.6) is 0 Å². The van der Waals surface area contributed by atoms with Gasteiger partial charge in [-0.05, 0) is 26.1 Å². The first-order valence-electron chi connectivity index (χ1n) is 2.78. The fourth-order valence-electron chi connectivity index (χ4n) is 0.311. The summed E-state index contributed by atoms with van der Waals surface area (Å²) in [5.41, 5.74) is 1.28. The Balaban J connectivity index is 3.53. The third kappa shape index (κ3) is 3.47. The lowest BCUT2D eigenvalue weighted by molar-refractivity contribution is 1.10. The van der Waals surface area contributed by atoms with Gasteiger partial charge in [0.1, 0.15) is 0 Å². The molecule has 0 saturated carbocycles. The van der Waals surface area contributed by atoms with Gasteiger partial charge in [0.15, 0.2) is 0 Å². The van der Waals surface area contributed by atoms with Crippen molar-refractivity contribution in [2.24, 2.45) is 0 Å². The minimum absolute atomic E-state index is 1.28. The molecule has 0 radical (unpaired) electrons. The van der Waals surface area contributed by atoms with Crippen LogP contribution >= 0.6 is 0 Å². The fraction of sp³-hybridized carbons (Fsp3) is 0.429. The number of nitrogens with one attached hydrogen (secondary N) is 1. The van der Waals surface area contributed by atoms with Gasteiger partial charge in [0.25, 0.3) is 0 Å². The summed E-state index contributed by atoms with van der Waals surface area (Å²) in [4.78, 5) is 0. The molecule has 1 heteroatoms. The number of hydrogen-bond acceptors (Lipinski definition) is 1. The van der Waals surface area contributed by atoms with Gasteiger partial charge in [-0.1, -0.05) is 11.6 Å². The maximum absolute atomic E-state index is 2.91. The van der Waals surface area contributed by atoms with Gasteiger partial charge in [0, 0.05) is 7.05 Å². The normalized spacial score (nSPS) is 12.6. The molecule has 8 heavy (non-hydrogen) atoms. The number of rotatable bonds is 2. The average molecular weight is 111 g/mol. The second-order valence-corrected chi connectivity index (χ2v) is 1.65. The monoisotopic (exact) mass is 111 g/mol. The highest BCUT2D eigenvalue weighted by molar-refractivity contribution is 5.13. The highest BCUT2D eigenvalue weighted by atomic mass is 14.8. The van der Waals surface area contributed by atoms with Gasteiger partial charge in [0.05, 0.1) is 0 Å². The van der Waals surface area contributed by atoms with E-state index in [1.807, 2.05) is 26.2 Å². The van der Waals surface area contributed by atoms with Gasteiger partial charge in [-0.25, -0.2) is 0 Å². The minimum atomic E-state index is 1.28. The van der Waals surface area contributed by atoms with Crippen molar-refractivity contribution in [3.05, 3.63) is 23.9 Å². The molecule has 0 fully saturated rings. The zero-order valence-corrected chi connectivity index (χ0v) is 5.73. The molecule has 0 bridgehead atoms. The molecule has 0 aromatic rings. The molecule has 0 atom stereocenters. The van der Waals surface area contributed by atoms with Gasteiger partial charge >= 0.3 is 0 Å². The van der Waals surface area contributed by atoms with E-state index in [9.17, 15) is 0 Å². The summed E-state index contributed by atoms with van der Waals surface area (Å²) in [6.45, 7) is 4.09. The molecular weight excluding hydrogens is 98.1 g/mol. The summed E-state index contributed by atoms with van der Waals surface area (Å²) in [6, 6.07) is 0. The first kappa shape index (κ1) is 7.28. The van der Waals surface area contributed by atoms with Crippen LogP contribution in [0.3, 0.4) is 0 Å². The molecule has 0 aromatic carbocycles. The molecule has 0 heterocycles. The Hall–Kier alpha value is -0.720. The van der Waals surface area contributed by atoms with Crippen LogP contribution in [-0.4, -0.2) is 7.05 Å². The summed E-state index contributed by atoms with van der Waals surface area (Å²) in [5, 5.41) is 2.91. The summed E-state index contributed by atoms with van der Waals surface area (Å²) < 4.78 is 0.